The van der Waals surface area contributed by atoms with Crippen LogP contribution in [0.3, 0.4) is 0 Å². The summed E-state index contributed by atoms with van der Waals surface area (Å²) in [7, 11) is 0. The van der Waals surface area contributed by atoms with Crippen molar-refractivity contribution in [3.8, 4) is 0 Å². The fourth-order valence-corrected chi connectivity index (χ4v) is 2.52. The zero-order valence-corrected chi connectivity index (χ0v) is 14.4. The van der Waals surface area contributed by atoms with Crippen molar-refractivity contribution in [1.82, 2.24) is 10.2 Å². The predicted octanol–water partition coefficient (Wildman–Crippen LogP) is 3.97. The van der Waals surface area contributed by atoms with Crippen molar-refractivity contribution in [2.24, 2.45) is 0 Å². The van der Waals surface area contributed by atoms with Crippen molar-refractivity contribution in [1.29, 1.82) is 0 Å². The highest BCUT2D eigenvalue weighted by atomic mass is 16.4. The third-order valence-electron chi connectivity index (χ3n) is 3.92. The topological polar surface area (TPSA) is 68.0 Å². The van der Waals surface area contributed by atoms with Gasteiger partial charge in [-0.1, -0.05) is 73.5 Å². The van der Waals surface area contributed by atoms with Crippen molar-refractivity contribution < 1.29 is 9.21 Å². The Bertz CT molecular complexity index is 824. The molecule has 1 heterocycles. The molecule has 3 rings (SSSR count). The minimum absolute atomic E-state index is 0.134. The molecule has 0 saturated carbocycles. The van der Waals surface area contributed by atoms with Crippen LogP contribution in [-0.4, -0.2) is 16.1 Å². The van der Waals surface area contributed by atoms with Gasteiger partial charge in [-0.2, -0.15) is 0 Å². The molecule has 0 radical (unpaired) electrons. The van der Waals surface area contributed by atoms with E-state index in [1.165, 1.54) is 5.56 Å². The number of rotatable bonds is 6. The zero-order valence-electron chi connectivity index (χ0n) is 14.4. The third kappa shape index (κ3) is 4.76. The lowest BCUT2D eigenvalue weighted by Crippen LogP contribution is -2.14. The number of amides is 1. The molecule has 1 N–H and O–H groups in total. The van der Waals surface area contributed by atoms with Crippen molar-refractivity contribution in [2.75, 3.05) is 5.32 Å². The van der Waals surface area contributed by atoms with E-state index in [0.717, 1.165) is 11.1 Å². The molecule has 0 unspecified atom stereocenters. The molecule has 25 heavy (non-hydrogen) atoms. The van der Waals surface area contributed by atoms with E-state index in [2.05, 4.69) is 41.5 Å². The standard InChI is InChI=1S/C20H21N3O2/c1-14(2)17-10-8-16(9-11-17)12-18(24)21-20-23-22-19(25-20)13-15-6-4-3-5-7-15/h3-11,14H,12-13H2,1-2H3,(H,21,23,24). The number of anilines is 1. The van der Waals surface area contributed by atoms with Gasteiger partial charge in [-0.25, -0.2) is 0 Å². The highest BCUT2D eigenvalue weighted by molar-refractivity contribution is 5.90. The summed E-state index contributed by atoms with van der Waals surface area (Å²) in [5, 5.41) is 10.5. The van der Waals surface area contributed by atoms with Gasteiger partial charge in [0.25, 0.3) is 0 Å². The van der Waals surface area contributed by atoms with Gasteiger partial charge in [-0.05, 0) is 22.6 Å². The number of nitrogens with one attached hydrogen (secondary N) is 1. The number of nitrogens with zero attached hydrogens (tertiary/aromatic N) is 2. The van der Waals surface area contributed by atoms with E-state index < -0.39 is 0 Å². The van der Waals surface area contributed by atoms with E-state index in [4.69, 9.17) is 4.42 Å². The molecule has 0 saturated heterocycles. The Labute approximate surface area is 147 Å². The average Bonchev–Trinajstić information content (AvgIpc) is 3.03. The van der Waals surface area contributed by atoms with Crippen molar-refractivity contribution in [2.45, 2.75) is 32.6 Å². The predicted molar refractivity (Wildman–Crippen MR) is 96.4 cm³/mol. The number of carbonyl (C=O) groups excluding carboxylic acids is 1. The second kappa shape index (κ2) is 7.75. The fraction of sp³-hybridized carbons (Fsp3) is 0.250. The Morgan fingerprint density at radius 1 is 1.00 bits per heavy atom. The molecule has 0 aliphatic rings. The fourth-order valence-electron chi connectivity index (χ4n) is 2.52. The van der Waals surface area contributed by atoms with Gasteiger partial charge in [0.1, 0.15) is 0 Å². The van der Waals surface area contributed by atoms with Crippen LogP contribution in [0.25, 0.3) is 0 Å². The first kappa shape index (κ1) is 16.9. The lowest BCUT2D eigenvalue weighted by Gasteiger charge is -2.06. The second-order valence-electron chi connectivity index (χ2n) is 6.28. The normalized spacial score (nSPS) is 10.8. The molecule has 3 aromatic rings. The monoisotopic (exact) mass is 335 g/mol. The van der Waals surface area contributed by atoms with Gasteiger partial charge in [0.2, 0.25) is 11.8 Å². The zero-order chi connectivity index (χ0) is 17.6. The summed E-state index contributed by atoms with van der Waals surface area (Å²) in [6, 6.07) is 18.0. The Kier molecular flexibility index (Phi) is 5.23. The van der Waals surface area contributed by atoms with Gasteiger partial charge in [0.15, 0.2) is 0 Å². The Balaban J connectivity index is 1.56. The Hall–Kier alpha value is -2.95. The maximum absolute atomic E-state index is 12.1. The smallest absolute Gasteiger partial charge is 0.322 e. The summed E-state index contributed by atoms with van der Waals surface area (Å²) < 4.78 is 5.49. The number of aromatic nitrogens is 2. The highest BCUT2D eigenvalue weighted by Crippen LogP contribution is 2.15. The first-order valence-corrected chi connectivity index (χ1v) is 8.35. The van der Waals surface area contributed by atoms with E-state index in [9.17, 15) is 4.79 Å². The van der Waals surface area contributed by atoms with E-state index in [-0.39, 0.29) is 18.3 Å². The molecular weight excluding hydrogens is 314 g/mol. The molecule has 0 atom stereocenters. The molecule has 1 amide bonds. The van der Waals surface area contributed by atoms with Crippen molar-refractivity contribution in [3.05, 3.63) is 77.2 Å². The number of hydrogen-bond acceptors (Lipinski definition) is 4. The summed E-state index contributed by atoms with van der Waals surface area (Å²) in [5.41, 5.74) is 3.28. The Morgan fingerprint density at radius 3 is 2.40 bits per heavy atom. The summed E-state index contributed by atoms with van der Waals surface area (Å²) in [6.45, 7) is 4.29. The number of benzene rings is 2. The molecule has 0 bridgehead atoms. The molecule has 0 aliphatic carbocycles. The first-order valence-electron chi connectivity index (χ1n) is 8.35. The quantitative estimate of drug-likeness (QED) is 0.740. The van der Waals surface area contributed by atoms with Gasteiger partial charge < -0.3 is 4.42 Å². The van der Waals surface area contributed by atoms with Crippen LogP contribution in [0.1, 0.15) is 42.3 Å². The lowest BCUT2D eigenvalue weighted by atomic mass is 10.0. The largest absolute Gasteiger partial charge is 0.407 e. The maximum atomic E-state index is 12.1. The molecule has 0 aliphatic heterocycles. The molecule has 5 nitrogen and oxygen atoms in total. The average molecular weight is 335 g/mol. The van der Waals surface area contributed by atoms with Crippen LogP contribution in [0.2, 0.25) is 0 Å². The second-order valence-corrected chi connectivity index (χ2v) is 6.28. The van der Waals surface area contributed by atoms with Crippen molar-refractivity contribution in [3.63, 3.8) is 0 Å². The minimum atomic E-state index is -0.174. The Morgan fingerprint density at radius 2 is 1.72 bits per heavy atom. The maximum Gasteiger partial charge on any atom is 0.322 e. The van der Waals surface area contributed by atoms with Crippen LogP contribution in [0.5, 0.6) is 0 Å². The first-order chi connectivity index (χ1) is 12.1. The van der Waals surface area contributed by atoms with Gasteiger partial charge in [0, 0.05) is 0 Å². The van der Waals surface area contributed by atoms with Crippen LogP contribution in [-0.2, 0) is 17.6 Å². The summed E-state index contributed by atoms with van der Waals surface area (Å²) >= 11 is 0. The van der Waals surface area contributed by atoms with E-state index in [1.54, 1.807) is 0 Å². The van der Waals surface area contributed by atoms with Gasteiger partial charge >= 0.3 is 6.01 Å². The highest BCUT2D eigenvalue weighted by Gasteiger charge is 2.11. The van der Waals surface area contributed by atoms with Crippen LogP contribution >= 0.6 is 0 Å². The molecular formula is C20H21N3O2. The van der Waals surface area contributed by atoms with Crippen LogP contribution < -0.4 is 5.32 Å². The number of carbonyl (C=O) groups is 1. The van der Waals surface area contributed by atoms with E-state index in [1.807, 2.05) is 42.5 Å². The van der Waals surface area contributed by atoms with Gasteiger partial charge in [0.05, 0.1) is 12.8 Å². The van der Waals surface area contributed by atoms with E-state index in [0.29, 0.717) is 18.2 Å². The SMILES string of the molecule is CC(C)c1ccc(CC(=O)Nc2nnc(Cc3ccccc3)o2)cc1. The molecule has 0 spiro atoms. The van der Waals surface area contributed by atoms with Crippen molar-refractivity contribution >= 4 is 11.9 Å². The van der Waals surface area contributed by atoms with Crippen LogP contribution in [0, 0.1) is 0 Å². The summed E-state index contributed by atoms with van der Waals surface area (Å²) in [6.07, 6.45) is 0.815. The molecule has 1 aromatic heterocycles. The molecule has 2 aromatic carbocycles. The summed E-state index contributed by atoms with van der Waals surface area (Å²) in [5.74, 6) is 0.777. The molecule has 128 valence electrons. The van der Waals surface area contributed by atoms with Gasteiger partial charge in [-0.3, -0.25) is 10.1 Å². The number of hydrogen-bond donors (Lipinski definition) is 1. The van der Waals surface area contributed by atoms with Gasteiger partial charge in [-0.15, -0.1) is 5.10 Å². The molecule has 0 fully saturated rings. The molecule has 5 heteroatoms. The van der Waals surface area contributed by atoms with E-state index >= 15 is 0 Å². The third-order valence-corrected chi connectivity index (χ3v) is 3.92. The minimum Gasteiger partial charge on any atom is -0.407 e. The van der Waals surface area contributed by atoms with Crippen LogP contribution in [0.15, 0.2) is 59.0 Å². The summed E-state index contributed by atoms with van der Waals surface area (Å²) in [4.78, 5) is 12.1. The lowest BCUT2D eigenvalue weighted by molar-refractivity contribution is -0.115. The van der Waals surface area contributed by atoms with Crippen LogP contribution in [0.4, 0.5) is 6.01 Å².